The lowest BCUT2D eigenvalue weighted by molar-refractivity contribution is -0.138. The predicted octanol–water partition coefficient (Wildman–Crippen LogP) is 1.06. The van der Waals surface area contributed by atoms with E-state index in [2.05, 4.69) is 5.32 Å². The first kappa shape index (κ1) is 11.6. The maximum atomic E-state index is 11.9. The highest BCUT2D eigenvalue weighted by Gasteiger charge is 2.38. The molecule has 1 unspecified atom stereocenters. The smallest absolute Gasteiger partial charge is 0.246 e. The van der Waals surface area contributed by atoms with Gasteiger partial charge in [-0.1, -0.05) is 19.3 Å². The number of imide groups is 1. The number of carbonyl (C=O) groups is 2. The third kappa shape index (κ3) is 2.26. The first-order chi connectivity index (χ1) is 7.72. The Morgan fingerprint density at radius 3 is 2.50 bits per heavy atom. The molecule has 1 heterocycles. The summed E-state index contributed by atoms with van der Waals surface area (Å²) in [6.07, 6.45) is 6.42. The molecule has 0 aromatic rings. The third-order valence-electron chi connectivity index (χ3n) is 3.60. The number of hydrogen-bond acceptors (Lipinski definition) is 3. The Bertz CT molecular complexity index is 285. The number of amides is 2. The van der Waals surface area contributed by atoms with E-state index in [1.807, 2.05) is 6.92 Å². The van der Waals surface area contributed by atoms with Gasteiger partial charge in [0.15, 0.2) is 0 Å². The molecule has 2 fully saturated rings. The monoisotopic (exact) mass is 224 g/mol. The highest BCUT2D eigenvalue weighted by Crippen LogP contribution is 2.20. The molecule has 1 saturated heterocycles. The number of hydrogen-bond donors (Lipinski definition) is 1. The van der Waals surface area contributed by atoms with Crippen LogP contribution in [0, 0.1) is 0 Å². The molecule has 1 atom stereocenters. The van der Waals surface area contributed by atoms with Crippen molar-refractivity contribution < 1.29 is 9.59 Å². The second-order valence-corrected chi connectivity index (χ2v) is 4.73. The van der Waals surface area contributed by atoms with Crippen LogP contribution in [0.4, 0.5) is 0 Å². The van der Waals surface area contributed by atoms with E-state index in [-0.39, 0.29) is 17.9 Å². The molecule has 4 heteroatoms. The summed E-state index contributed by atoms with van der Waals surface area (Å²) >= 11 is 0. The number of nitrogens with one attached hydrogen (secondary N) is 1. The molecule has 16 heavy (non-hydrogen) atoms. The second-order valence-electron chi connectivity index (χ2n) is 4.73. The number of rotatable bonds is 3. The van der Waals surface area contributed by atoms with Gasteiger partial charge in [0.2, 0.25) is 11.8 Å². The molecular formula is C12H20N2O2. The quantitative estimate of drug-likeness (QED) is 0.729. The molecule has 0 aromatic carbocycles. The molecule has 1 aliphatic carbocycles. The molecule has 0 aromatic heterocycles. The van der Waals surface area contributed by atoms with Gasteiger partial charge in [0.05, 0.1) is 12.5 Å². The second kappa shape index (κ2) is 4.95. The summed E-state index contributed by atoms with van der Waals surface area (Å²) < 4.78 is 0. The zero-order valence-electron chi connectivity index (χ0n) is 9.87. The standard InChI is InChI=1S/C12H20N2O2/c1-2-14-11(15)8-10(12(14)16)13-9-6-4-3-5-7-9/h9-10,13H,2-8H2,1H3. The van der Waals surface area contributed by atoms with Crippen molar-refractivity contribution in [2.24, 2.45) is 0 Å². The molecule has 2 amide bonds. The molecule has 4 nitrogen and oxygen atoms in total. The van der Waals surface area contributed by atoms with Gasteiger partial charge in [0, 0.05) is 12.6 Å². The fourth-order valence-corrected chi connectivity index (χ4v) is 2.70. The van der Waals surface area contributed by atoms with E-state index in [0.29, 0.717) is 19.0 Å². The summed E-state index contributed by atoms with van der Waals surface area (Å²) in [6.45, 7) is 2.35. The number of likely N-dealkylation sites (N-methyl/N-ethyl adjacent to an activating group) is 1. The summed E-state index contributed by atoms with van der Waals surface area (Å²) in [5.74, 6) is -0.0566. The Kier molecular flexibility index (Phi) is 3.59. The number of nitrogens with zero attached hydrogens (tertiary/aromatic N) is 1. The van der Waals surface area contributed by atoms with E-state index in [1.54, 1.807) is 0 Å². The average molecular weight is 224 g/mol. The summed E-state index contributed by atoms with van der Waals surface area (Å²) in [7, 11) is 0. The fraction of sp³-hybridized carbons (Fsp3) is 0.833. The van der Waals surface area contributed by atoms with Gasteiger partial charge in [-0.3, -0.25) is 14.5 Å². The number of carbonyl (C=O) groups excluding carboxylic acids is 2. The van der Waals surface area contributed by atoms with Crippen molar-refractivity contribution in [3.63, 3.8) is 0 Å². The van der Waals surface area contributed by atoms with Crippen LogP contribution in [-0.4, -0.2) is 35.3 Å². The molecule has 2 rings (SSSR count). The lowest BCUT2D eigenvalue weighted by atomic mass is 9.95. The zero-order valence-corrected chi connectivity index (χ0v) is 9.87. The van der Waals surface area contributed by atoms with Gasteiger partial charge in [-0.15, -0.1) is 0 Å². The molecule has 0 radical (unpaired) electrons. The molecule has 90 valence electrons. The highest BCUT2D eigenvalue weighted by atomic mass is 16.2. The fourth-order valence-electron chi connectivity index (χ4n) is 2.70. The normalized spacial score (nSPS) is 27.8. The van der Waals surface area contributed by atoms with Crippen molar-refractivity contribution in [3.05, 3.63) is 0 Å². The predicted molar refractivity (Wildman–Crippen MR) is 60.8 cm³/mol. The molecule has 1 N–H and O–H groups in total. The first-order valence-electron chi connectivity index (χ1n) is 6.32. The highest BCUT2D eigenvalue weighted by molar-refractivity contribution is 6.05. The van der Waals surface area contributed by atoms with E-state index in [9.17, 15) is 9.59 Å². The van der Waals surface area contributed by atoms with Crippen LogP contribution < -0.4 is 5.32 Å². The van der Waals surface area contributed by atoms with Gasteiger partial charge in [0.1, 0.15) is 0 Å². The van der Waals surface area contributed by atoms with Crippen molar-refractivity contribution in [1.29, 1.82) is 0 Å². The molecule has 0 bridgehead atoms. The minimum atomic E-state index is -0.254. The molecule has 1 saturated carbocycles. The van der Waals surface area contributed by atoms with E-state index in [4.69, 9.17) is 0 Å². The summed E-state index contributed by atoms with van der Waals surface area (Å²) in [4.78, 5) is 24.8. The van der Waals surface area contributed by atoms with Crippen LogP contribution >= 0.6 is 0 Å². The maximum Gasteiger partial charge on any atom is 0.246 e. The van der Waals surface area contributed by atoms with Crippen molar-refractivity contribution >= 4 is 11.8 Å². The van der Waals surface area contributed by atoms with E-state index >= 15 is 0 Å². The molecular weight excluding hydrogens is 204 g/mol. The average Bonchev–Trinajstić information content (AvgIpc) is 2.55. The topological polar surface area (TPSA) is 49.4 Å². The van der Waals surface area contributed by atoms with Crippen molar-refractivity contribution in [2.75, 3.05) is 6.54 Å². The Balaban J connectivity index is 1.90. The van der Waals surface area contributed by atoms with Gasteiger partial charge in [0.25, 0.3) is 0 Å². The van der Waals surface area contributed by atoms with Gasteiger partial charge in [-0.05, 0) is 19.8 Å². The van der Waals surface area contributed by atoms with Crippen LogP contribution in [-0.2, 0) is 9.59 Å². The van der Waals surface area contributed by atoms with E-state index < -0.39 is 0 Å². The van der Waals surface area contributed by atoms with Crippen molar-refractivity contribution in [2.45, 2.75) is 57.5 Å². The Morgan fingerprint density at radius 2 is 1.94 bits per heavy atom. The van der Waals surface area contributed by atoms with Crippen LogP contribution in [0.5, 0.6) is 0 Å². The van der Waals surface area contributed by atoms with Crippen molar-refractivity contribution in [3.8, 4) is 0 Å². The molecule has 1 aliphatic heterocycles. The Morgan fingerprint density at radius 1 is 1.25 bits per heavy atom. The Hall–Kier alpha value is -0.900. The minimum Gasteiger partial charge on any atom is -0.303 e. The van der Waals surface area contributed by atoms with Crippen LogP contribution in [0.3, 0.4) is 0 Å². The van der Waals surface area contributed by atoms with Crippen molar-refractivity contribution in [1.82, 2.24) is 10.2 Å². The van der Waals surface area contributed by atoms with Crippen LogP contribution in [0.15, 0.2) is 0 Å². The van der Waals surface area contributed by atoms with Crippen LogP contribution in [0.1, 0.15) is 45.4 Å². The third-order valence-corrected chi connectivity index (χ3v) is 3.60. The van der Waals surface area contributed by atoms with Crippen LogP contribution in [0.2, 0.25) is 0 Å². The summed E-state index contributed by atoms with van der Waals surface area (Å²) in [6, 6.07) is 0.183. The van der Waals surface area contributed by atoms with Gasteiger partial charge in [-0.2, -0.15) is 0 Å². The van der Waals surface area contributed by atoms with Gasteiger partial charge < -0.3 is 5.32 Å². The molecule has 0 spiro atoms. The molecule has 2 aliphatic rings. The lowest BCUT2D eigenvalue weighted by Crippen LogP contribution is -2.44. The summed E-state index contributed by atoms with van der Waals surface area (Å²) in [5.41, 5.74) is 0. The zero-order chi connectivity index (χ0) is 11.5. The van der Waals surface area contributed by atoms with E-state index in [1.165, 1.54) is 24.2 Å². The van der Waals surface area contributed by atoms with Crippen LogP contribution in [0.25, 0.3) is 0 Å². The van der Waals surface area contributed by atoms with Gasteiger partial charge in [-0.25, -0.2) is 0 Å². The van der Waals surface area contributed by atoms with Gasteiger partial charge >= 0.3 is 0 Å². The first-order valence-corrected chi connectivity index (χ1v) is 6.32. The maximum absolute atomic E-state index is 11.9. The largest absolute Gasteiger partial charge is 0.303 e. The lowest BCUT2D eigenvalue weighted by Gasteiger charge is -2.25. The number of likely N-dealkylation sites (tertiary alicyclic amines) is 1. The Labute approximate surface area is 96.4 Å². The van der Waals surface area contributed by atoms with E-state index in [0.717, 1.165) is 12.8 Å². The summed E-state index contributed by atoms with van der Waals surface area (Å²) in [5, 5.41) is 3.35. The SMILES string of the molecule is CCN1C(=O)CC(NC2CCCCC2)C1=O. The minimum absolute atomic E-state index is 0.0270.